The van der Waals surface area contributed by atoms with Crippen molar-refractivity contribution >= 4 is 23.3 Å². The predicted octanol–water partition coefficient (Wildman–Crippen LogP) is 2.85. The van der Waals surface area contributed by atoms with Crippen molar-refractivity contribution < 1.29 is 33.1 Å². The number of hydrogen-bond donors (Lipinski definition) is 0. The highest BCUT2D eigenvalue weighted by Crippen LogP contribution is 2.29. The zero-order valence-corrected chi connectivity index (χ0v) is 19.1. The van der Waals surface area contributed by atoms with E-state index in [2.05, 4.69) is 11.2 Å². The van der Waals surface area contributed by atoms with E-state index in [0.29, 0.717) is 25.5 Å². The van der Waals surface area contributed by atoms with Crippen LogP contribution >= 0.6 is 0 Å². The Morgan fingerprint density at radius 2 is 2.06 bits per heavy atom. The van der Waals surface area contributed by atoms with Crippen LogP contribution in [0.1, 0.15) is 25.8 Å². The van der Waals surface area contributed by atoms with Gasteiger partial charge < -0.3 is 28.4 Å². The van der Waals surface area contributed by atoms with Crippen LogP contribution in [0, 0.1) is 0 Å². The van der Waals surface area contributed by atoms with Crippen LogP contribution in [0.5, 0.6) is 5.88 Å². The molecule has 10 nitrogen and oxygen atoms in total. The van der Waals surface area contributed by atoms with Gasteiger partial charge in [-0.25, -0.2) is 4.79 Å². The molecule has 2 atom stereocenters. The SMILES string of the molecule is CC1(C)OC[C@H](C(=O)N2CC=C(c3ccc(N4C[C@H](COc5ccon5)OC4=O)cc3)CC2)O1. The van der Waals surface area contributed by atoms with Gasteiger partial charge in [0.25, 0.3) is 11.8 Å². The molecule has 180 valence electrons. The number of rotatable bonds is 6. The van der Waals surface area contributed by atoms with Gasteiger partial charge in [0.1, 0.15) is 12.9 Å². The van der Waals surface area contributed by atoms with Gasteiger partial charge in [0, 0.05) is 24.8 Å². The lowest BCUT2D eigenvalue weighted by molar-refractivity contribution is -0.159. The lowest BCUT2D eigenvalue weighted by Gasteiger charge is -2.29. The number of ether oxygens (including phenoxy) is 4. The van der Waals surface area contributed by atoms with Gasteiger partial charge in [0.2, 0.25) is 0 Å². The average molecular weight is 469 g/mol. The highest BCUT2D eigenvalue weighted by Gasteiger charge is 2.39. The second-order valence-corrected chi connectivity index (χ2v) is 8.89. The van der Waals surface area contributed by atoms with Crippen LogP contribution < -0.4 is 9.64 Å². The van der Waals surface area contributed by atoms with Gasteiger partial charge in [-0.1, -0.05) is 18.2 Å². The molecule has 1 aromatic carbocycles. The summed E-state index contributed by atoms with van der Waals surface area (Å²) in [5.74, 6) is -0.399. The van der Waals surface area contributed by atoms with Crippen molar-refractivity contribution in [3.05, 3.63) is 48.2 Å². The van der Waals surface area contributed by atoms with Gasteiger partial charge >= 0.3 is 6.09 Å². The first-order chi connectivity index (χ1) is 16.4. The van der Waals surface area contributed by atoms with Crippen molar-refractivity contribution in [1.29, 1.82) is 0 Å². The number of cyclic esters (lactones) is 1. The largest absolute Gasteiger partial charge is 0.471 e. The smallest absolute Gasteiger partial charge is 0.414 e. The molecule has 2 saturated heterocycles. The third kappa shape index (κ3) is 4.78. The molecule has 5 rings (SSSR count). The molecule has 2 fully saturated rings. The molecule has 3 aliphatic heterocycles. The molecular weight excluding hydrogens is 442 g/mol. The van der Waals surface area contributed by atoms with E-state index < -0.39 is 24.1 Å². The second-order valence-electron chi connectivity index (χ2n) is 8.89. The summed E-state index contributed by atoms with van der Waals surface area (Å²) in [6.07, 6.45) is 2.88. The molecule has 2 aromatic rings. The predicted molar refractivity (Wildman–Crippen MR) is 120 cm³/mol. The highest BCUT2D eigenvalue weighted by molar-refractivity contribution is 5.90. The molecule has 0 unspecified atom stereocenters. The molecule has 34 heavy (non-hydrogen) atoms. The van der Waals surface area contributed by atoms with Crippen LogP contribution in [0.4, 0.5) is 10.5 Å². The van der Waals surface area contributed by atoms with Crippen molar-refractivity contribution in [3.63, 3.8) is 0 Å². The molecule has 2 amide bonds. The molecule has 0 aliphatic carbocycles. The van der Waals surface area contributed by atoms with E-state index in [1.807, 2.05) is 38.1 Å². The van der Waals surface area contributed by atoms with Crippen molar-refractivity contribution in [2.75, 3.05) is 37.7 Å². The number of carbonyl (C=O) groups excluding carboxylic acids is 2. The molecule has 1 aromatic heterocycles. The Hall–Kier alpha value is -3.37. The Morgan fingerprint density at radius 1 is 1.24 bits per heavy atom. The van der Waals surface area contributed by atoms with E-state index in [-0.39, 0.29) is 19.1 Å². The summed E-state index contributed by atoms with van der Waals surface area (Å²) in [7, 11) is 0. The lowest BCUT2D eigenvalue weighted by atomic mass is 9.99. The van der Waals surface area contributed by atoms with E-state index >= 15 is 0 Å². The summed E-state index contributed by atoms with van der Waals surface area (Å²) in [6.45, 7) is 5.65. The van der Waals surface area contributed by atoms with E-state index in [4.69, 9.17) is 23.5 Å². The van der Waals surface area contributed by atoms with Crippen LogP contribution in [0.2, 0.25) is 0 Å². The summed E-state index contributed by atoms with van der Waals surface area (Å²) in [6, 6.07) is 9.38. The minimum Gasteiger partial charge on any atom is -0.471 e. The monoisotopic (exact) mass is 469 g/mol. The summed E-state index contributed by atoms with van der Waals surface area (Å²) < 4.78 is 26.8. The fourth-order valence-electron chi connectivity index (χ4n) is 4.27. The summed E-state index contributed by atoms with van der Waals surface area (Å²) in [4.78, 5) is 28.4. The minimum atomic E-state index is -0.718. The zero-order valence-electron chi connectivity index (χ0n) is 19.1. The van der Waals surface area contributed by atoms with Crippen LogP contribution in [0.25, 0.3) is 5.57 Å². The number of aromatic nitrogens is 1. The third-order valence-electron chi connectivity index (χ3n) is 6.06. The Morgan fingerprint density at radius 3 is 2.71 bits per heavy atom. The molecular formula is C24H27N3O7. The molecule has 0 bridgehead atoms. The number of carbonyl (C=O) groups is 2. The van der Waals surface area contributed by atoms with E-state index in [1.54, 1.807) is 15.9 Å². The molecule has 4 heterocycles. The first kappa shape index (κ1) is 22.4. The van der Waals surface area contributed by atoms with Gasteiger partial charge in [-0.2, -0.15) is 0 Å². The molecule has 3 aliphatic rings. The van der Waals surface area contributed by atoms with Gasteiger partial charge in [0.05, 0.1) is 13.2 Å². The third-order valence-corrected chi connectivity index (χ3v) is 6.06. The Balaban J connectivity index is 1.16. The van der Waals surface area contributed by atoms with Crippen molar-refractivity contribution in [3.8, 4) is 5.88 Å². The van der Waals surface area contributed by atoms with Crippen LogP contribution in [0.3, 0.4) is 0 Å². The fraction of sp³-hybridized carbons (Fsp3) is 0.458. The number of hydrogen-bond acceptors (Lipinski definition) is 8. The molecule has 0 N–H and O–H groups in total. The number of amides is 2. The van der Waals surface area contributed by atoms with Crippen LogP contribution in [-0.2, 0) is 19.0 Å². The van der Waals surface area contributed by atoms with Gasteiger partial charge in [-0.05, 0) is 48.7 Å². The molecule has 0 saturated carbocycles. The number of anilines is 1. The topological polar surface area (TPSA) is 104 Å². The molecule has 0 radical (unpaired) electrons. The lowest BCUT2D eigenvalue weighted by Crippen LogP contribution is -2.43. The number of nitrogens with zero attached hydrogens (tertiary/aromatic N) is 3. The van der Waals surface area contributed by atoms with Crippen molar-refractivity contribution in [2.45, 2.75) is 38.3 Å². The van der Waals surface area contributed by atoms with Crippen LogP contribution in [-0.4, -0.2) is 72.9 Å². The van der Waals surface area contributed by atoms with E-state index in [1.165, 1.54) is 11.8 Å². The van der Waals surface area contributed by atoms with Gasteiger partial charge in [0.15, 0.2) is 18.0 Å². The average Bonchev–Trinajstić information content (AvgIpc) is 3.57. The van der Waals surface area contributed by atoms with Gasteiger partial charge in [-0.3, -0.25) is 9.69 Å². The Labute approximate surface area is 197 Å². The van der Waals surface area contributed by atoms with Crippen molar-refractivity contribution in [1.82, 2.24) is 10.1 Å². The maximum Gasteiger partial charge on any atom is 0.414 e. The molecule has 10 heteroatoms. The Bertz CT molecular complexity index is 1060. The summed E-state index contributed by atoms with van der Waals surface area (Å²) >= 11 is 0. The van der Waals surface area contributed by atoms with Crippen molar-refractivity contribution in [2.24, 2.45) is 0 Å². The second kappa shape index (κ2) is 9.11. The normalized spacial score (nSPS) is 24.2. The van der Waals surface area contributed by atoms with Crippen LogP contribution in [0.15, 0.2) is 47.2 Å². The minimum absolute atomic E-state index is 0.0362. The van der Waals surface area contributed by atoms with Gasteiger partial charge in [-0.15, -0.1) is 0 Å². The zero-order chi connectivity index (χ0) is 23.7. The molecule has 0 spiro atoms. The summed E-state index contributed by atoms with van der Waals surface area (Å²) in [5, 5.41) is 3.68. The van der Waals surface area contributed by atoms with E-state index in [9.17, 15) is 9.59 Å². The standard InChI is InChI=1S/C24H27N3O7/c1-24(2)31-15-20(34-24)22(28)26-10-7-17(8-11-26)16-3-5-18(6-4-16)27-13-19(33-23(27)29)14-30-21-9-12-32-25-21/h3-7,9,12,19-20H,8,10-11,13-15H2,1-2H3/t19-,20-/m1/s1. The first-order valence-electron chi connectivity index (χ1n) is 11.3. The number of benzene rings is 1. The quantitative estimate of drug-likeness (QED) is 0.636. The fourth-order valence-corrected chi connectivity index (χ4v) is 4.27. The Kier molecular flexibility index (Phi) is 6.01. The summed E-state index contributed by atoms with van der Waals surface area (Å²) in [5.41, 5.74) is 2.99. The van der Waals surface area contributed by atoms with E-state index in [0.717, 1.165) is 17.7 Å². The first-order valence-corrected chi connectivity index (χ1v) is 11.3. The maximum absolute atomic E-state index is 12.7. The highest BCUT2D eigenvalue weighted by atomic mass is 16.7. The maximum atomic E-state index is 12.7.